The van der Waals surface area contributed by atoms with Gasteiger partial charge in [0.15, 0.2) is 0 Å². The quantitative estimate of drug-likeness (QED) is 0.776. The number of amides is 1. The molecule has 1 aliphatic rings. The molecule has 2 rings (SSSR count). The molecule has 2 unspecified atom stereocenters. The molecule has 1 aromatic carbocycles. The van der Waals surface area contributed by atoms with Crippen LogP contribution in [-0.4, -0.2) is 38.3 Å². The summed E-state index contributed by atoms with van der Waals surface area (Å²) in [7, 11) is 1.47. The highest BCUT2D eigenvalue weighted by Gasteiger charge is 2.24. The number of ether oxygens (including phenoxy) is 2. The van der Waals surface area contributed by atoms with Crippen LogP contribution < -0.4 is 15.8 Å². The first-order valence-corrected chi connectivity index (χ1v) is 5.99. The van der Waals surface area contributed by atoms with Crippen LogP contribution in [0.3, 0.4) is 0 Å². The van der Waals surface area contributed by atoms with E-state index in [0.717, 1.165) is 12.2 Å². The third-order valence-corrected chi connectivity index (χ3v) is 3.01. The summed E-state index contributed by atoms with van der Waals surface area (Å²) >= 11 is 0. The number of nitrogens with one attached hydrogen (secondary N) is 1. The average Bonchev–Trinajstić information content (AvgIpc) is 2.80. The van der Waals surface area contributed by atoms with Crippen molar-refractivity contribution in [2.45, 2.75) is 18.6 Å². The predicted molar refractivity (Wildman–Crippen MR) is 67.4 cm³/mol. The largest absolute Gasteiger partial charge is 0.488 e. The first-order chi connectivity index (χ1) is 8.74. The van der Waals surface area contributed by atoms with Gasteiger partial charge in [0.05, 0.1) is 6.54 Å². The zero-order chi connectivity index (χ0) is 13.0. The van der Waals surface area contributed by atoms with E-state index in [9.17, 15) is 4.79 Å². The number of carbonyl (C=O) groups excluding carboxylic acids is 1. The molecule has 5 nitrogen and oxygen atoms in total. The molecular formula is C13H18N2O3. The highest BCUT2D eigenvalue weighted by molar-refractivity contribution is 5.81. The van der Waals surface area contributed by atoms with Crippen LogP contribution in [0.2, 0.25) is 0 Å². The summed E-state index contributed by atoms with van der Waals surface area (Å²) in [4.78, 5) is 11.7. The van der Waals surface area contributed by atoms with Gasteiger partial charge in [0.2, 0.25) is 0 Å². The molecule has 3 N–H and O–H groups in total. The van der Waals surface area contributed by atoms with Crippen molar-refractivity contribution in [3.63, 3.8) is 0 Å². The van der Waals surface area contributed by atoms with Gasteiger partial charge < -0.3 is 20.5 Å². The second kappa shape index (κ2) is 5.84. The molecule has 1 amide bonds. The Morgan fingerprint density at radius 1 is 1.61 bits per heavy atom. The van der Waals surface area contributed by atoms with Crippen LogP contribution in [0.5, 0.6) is 5.75 Å². The Bertz CT molecular complexity index is 393. The monoisotopic (exact) mass is 250 g/mol. The molecule has 0 spiro atoms. The molecule has 0 saturated heterocycles. The normalized spacial score (nSPS) is 18.9. The lowest BCUT2D eigenvalue weighted by molar-refractivity contribution is -0.130. The molecule has 18 heavy (non-hydrogen) atoms. The molecule has 0 aliphatic carbocycles. The maximum absolute atomic E-state index is 11.7. The first-order valence-electron chi connectivity index (χ1n) is 5.99. The summed E-state index contributed by atoms with van der Waals surface area (Å²) in [6, 6.07) is 7.90. The van der Waals surface area contributed by atoms with Gasteiger partial charge in [-0.2, -0.15) is 0 Å². The number of methoxy groups -OCH3 is 1. The van der Waals surface area contributed by atoms with Crippen molar-refractivity contribution in [2.24, 2.45) is 5.73 Å². The lowest BCUT2D eigenvalue weighted by atomic mass is 10.1. The zero-order valence-corrected chi connectivity index (χ0v) is 10.4. The van der Waals surface area contributed by atoms with E-state index >= 15 is 0 Å². The average molecular weight is 250 g/mol. The van der Waals surface area contributed by atoms with Gasteiger partial charge in [-0.25, -0.2) is 0 Å². The number of benzene rings is 1. The summed E-state index contributed by atoms with van der Waals surface area (Å²) in [6.07, 6.45) is 0.215. The molecule has 0 radical (unpaired) electrons. The van der Waals surface area contributed by atoms with Gasteiger partial charge in [0.1, 0.15) is 18.0 Å². The third-order valence-electron chi connectivity index (χ3n) is 3.01. The van der Waals surface area contributed by atoms with Crippen LogP contribution in [0.1, 0.15) is 5.56 Å². The van der Waals surface area contributed by atoms with E-state index in [-0.39, 0.29) is 18.6 Å². The standard InChI is InChI=1S/C13H18N2O3/c1-17-12(7-14)13(16)15-8-10-6-9-4-2-3-5-11(9)18-10/h2-5,10,12H,6-8,14H2,1H3,(H,15,16). The minimum Gasteiger partial charge on any atom is -0.488 e. The first kappa shape index (κ1) is 12.9. The van der Waals surface area contributed by atoms with Crippen LogP contribution >= 0.6 is 0 Å². The van der Waals surface area contributed by atoms with Gasteiger partial charge in [-0.15, -0.1) is 0 Å². The van der Waals surface area contributed by atoms with Gasteiger partial charge >= 0.3 is 0 Å². The molecule has 1 heterocycles. The van der Waals surface area contributed by atoms with Gasteiger partial charge in [-0.3, -0.25) is 4.79 Å². The minimum absolute atomic E-state index is 0.0124. The van der Waals surface area contributed by atoms with E-state index < -0.39 is 6.10 Å². The molecule has 0 aromatic heterocycles. The fourth-order valence-corrected chi connectivity index (χ4v) is 2.01. The van der Waals surface area contributed by atoms with Crippen LogP contribution in [0, 0.1) is 0 Å². The van der Waals surface area contributed by atoms with Gasteiger partial charge in [-0.1, -0.05) is 18.2 Å². The number of hydrogen-bond donors (Lipinski definition) is 2. The Labute approximate surface area is 106 Å². The minimum atomic E-state index is -0.589. The second-order valence-corrected chi connectivity index (χ2v) is 4.26. The molecule has 0 fully saturated rings. The van der Waals surface area contributed by atoms with Crippen LogP contribution in [0.25, 0.3) is 0 Å². The fourth-order valence-electron chi connectivity index (χ4n) is 2.01. The summed E-state index contributed by atoms with van der Waals surface area (Å²) in [5, 5.41) is 2.79. The molecule has 98 valence electrons. The Balaban J connectivity index is 1.82. The summed E-state index contributed by atoms with van der Waals surface area (Å²) in [5.74, 6) is 0.707. The molecule has 5 heteroatoms. The number of rotatable bonds is 5. The van der Waals surface area contributed by atoms with Crippen molar-refractivity contribution >= 4 is 5.91 Å². The lowest BCUT2D eigenvalue weighted by Crippen LogP contribution is -2.44. The zero-order valence-electron chi connectivity index (χ0n) is 10.4. The second-order valence-electron chi connectivity index (χ2n) is 4.26. The molecule has 0 saturated carbocycles. The Morgan fingerprint density at radius 3 is 3.06 bits per heavy atom. The van der Waals surface area contributed by atoms with E-state index in [4.69, 9.17) is 15.2 Å². The Kier molecular flexibility index (Phi) is 4.17. The van der Waals surface area contributed by atoms with Crippen LogP contribution in [-0.2, 0) is 16.0 Å². The van der Waals surface area contributed by atoms with Gasteiger partial charge in [-0.05, 0) is 11.6 Å². The maximum Gasteiger partial charge on any atom is 0.250 e. The number of hydrogen-bond acceptors (Lipinski definition) is 4. The molecule has 2 atom stereocenters. The Morgan fingerprint density at radius 2 is 2.39 bits per heavy atom. The van der Waals surface area contributed by atoms with E-state index in [2.05, 4.69) is 5.32 Å². The fraction of sp³-hybridized carbons (Fsp3) is 0.462. The lowest BCUT2D eigenvalue weighted by Gasteiger charge is -2.15. The summed E-state index contributed by atoms with van der Waals surface area (Å²) in [6.45, 7) is 0.640. The van der Waals surface area contributed by atoms with E-state index in [1.165, 1.54) is 12.7 Å². The molecule has 0 bridgehead atoms. The van der Waals surface area contributed by atoms with E-state index in [1.54, 1.807) is 0 Å². The molecule has 1 aromatic rings. The van der Waals surface area contributed by atoms with Crippen LogP contribution in [0.4, 0.5) is 0 Å². The highest BCUT2D eigenvalue weighted by atomic mass is 16.5. The Hall–Kier alpha value is -1.59. The molecule has 1 aliphatic heterocycles. The van der Waals surface area contributed by atoms with Crippen molar-refractivity contribution in [3.8, 4) is 5.75 Å². The third kappa shape index (κ3) is 2.80. The number of para-hydroxylation sites is 1. The summed E-state index contributed by atoms with van der Waals surface area (Å²) < 4.78 is 10.7. The van der Waals surface area contributed by atoms with Crippen LogP contribution in [0.15, 0.2) is 24.3 Å². The number of fused-ring (bicyclic) bond motifs is 1. The maximum atomic E-state index is 11.7. The predicted octanol–water partition coefficient (Wildman–Crippen LogP) is 0.0800. The topological polar surface area (TPSA) is 73.6 Å². The highest BCUT2D eigenvalue weighted by Crippen LogP contribution is 2.27. The van der Waals surface area contributed by atoms with Crippen molar-refractivity contribution < 1.29 is 14.3 Å². The van der Waals surface area contributed by atoms with E-state index in [0.29, 0.717) is 6.54 Å². The molecular weight excluding hydrogens is 232 g/mol. The van der Waals surface area contributed by atoms with Gasteiger partial charge in [0, 0.05) is 20.1 Å². The van der Waals surface area contributed by atoms with Crippen molar-refractivity contribution in [1.29, 1.82) is 0 Å². The summed E-state index contributed by atoms with van der Waals surface area (Å²) in [5.41, 5.74) is 6.60. The van der Waals surface area contributed by atoms with Gasteiger partial charge in [0.25, 0.3) is 5.91 Å². The van der Waals surface area contributed by atoms with Crippen molar-refractivity contribution in [3.05, 3.63) is 29.8 Å². The number of carbonyl (C=O) groups is 1. The van der Waals surface area contributed by atoms with Crippen molar-refractivity contribution in [1.82, 2.24) is 5.32 Å². The SMILES string of the molecule is COC(CN)C(=O)NCC1Cc2ccccc2O1. The smallest absolute Gasteiger partial charge is 0.250 e. The van der Waals surface area contributed by atoms with E-state index in [1.807, 2.05) is 24.3 Å². The van der Waals surface area contributed by atoms with Crippen molar-refractivity contribution in [2.75, 3.05) is 20.2 Å². The number of nitrogens with two attached hydrogens (primary N) is 1.